The zero-order valence-electron chi connectivity index (χ0n) is 10.3. The van der Waals surface area contributed by atoms with E-state index in [1.807, 2.05) is 12.1 Å². The Hall–Kier alpha value is -0.840. The quantitative estimate of drug-likeness (QED) is 0.827. The highest BCUT2D eigenvalue weighted by atomic mass is 16.5. The second kappa shape index (κ2) is 6.19. The van der Waals surface area contributed by atoms with Gasteiger partial charge in [0.1, 0.15) is 11.9 Å². The number of rotatable bonds is 6. The molecule has 1 aromatic rings. The van der Waals surface area contributed by atoms with Crippen molar-refractivity contribution in [2.45, 2.75) is 44.4 Å². The van der Waals surface area contributed by atoms with Crippen LogP contribution >= 0.6 is 0 Å². The molecule has 2 heterocycles. The Bertz CT molecular complexity index is 306. The van der Waals surface area contributed by atoms with Crippen LogP contribution in [0.25, 0.3) is 0 Å². The lowest BCUT2D eigenvalue weighted by molar-refractivity contribution is -0.0386. The van der Waals surface area contributed by atoms with Crippen molar-refractivity contribution in [3.8, 4) is 0 Å². The standard InChI is InChI=1S/C13H21NO3/c1-2-11(14)13(12-6-4-8-16-12)17-9-10-5-3-7-15-10/h4,6,8,10-11,13H,2-3,5,7,9,14H2,1H3. The molecule has 1 aliphatic rings. The molecule has 1 aromatic heterocycles. The largest absolute Gasteiger partial charge is 0.467 e. The van der Waals surface area contributed by atoms with E-state index in [1.165, 1.54) is 0 Å². The number of hydrogen-bond donors (Lipinski definition) is 1. The van der Waals surface area contributed by atoms with Gasteiger partial charge in [-0.1, -0.05) is 6.92 Å². The predicted octanol–water partition coefficient (Wildman–Crippen LogP) is 2.25. The van der Waals surface area contributed by atoms with Gasteiger partial charge in [-0.2, -0.15) is 0 Å². The second-order valence-electron chi connectivity index (χ2n) is 4.48. The van der Waals surface area contributed by atoms with E-state index in [9.17, 15) is 0 Å². The van der Waals surface area contributed by atoms with Gasteiger partial charge in [0.05, 0.1) is 19.0 Å². The van der Waals surface area contributed by atoms with Crippen LogP contribution in [0.2, 0.25) is 0 Å². The van der Waals surface area contributed by atoms with Crippen LogP contribution in [-0.2, 0) is 9.47 Å². The minimum atomic E-state index is -0.167. The molecule has 4 nitrogen and oxygen atoms in total. The molecule has 3 atom stereocenters. The van der Waals surface area contributed by atoms with E-state index in [-0.39, 0.29) is 18.2 Å². The van der Waals surface area contributed by atoms with Crippen molar-refractivity contribution in [1.82, 2.24) is 0 Å². The van der Waals surface area contributed by atoms with Crippen LogP contribution in [0.4, 0.5) is 0 Å². The molecule has 0 amide bonds. The first-order valence-corrected chi connectivity index (χ1v) is 6.33. The van der Waals surface area contributed by atoms with Crippen molar-refractivity contribution in [3.05, 3.63) is 24.2 Å². The first kappa shape index (κ1) is 12.6. The molecule has 0 radical (unpaired) electrons. The maximum atomic E-state index is 6.07. The van der Waals surface area contributed by atoms with Crippen molar-refractivity contribution in [2.24, 2.45) is 5.73 Å². The molecular weight excluding hydrogens is 218 g/mol. The Morgan fingerprint density at radius 3 is 3.06 bits per heavy atom. The fraction of sp³-hybridized carbons (Fsp3) is 0.692. The zero-order chi connectivity index (χ0) is 12.1. The Labute approximate surface area is 102 Å². The number of hydrogen-bond acceptors (Lipinski definition) is 4. The van der Waals surface area contributed by atoms with Crippen LogP contribution in [0.3, 0.4) is 0 Å². The van der Waals surface area contributed by atoms with Crippen molar-refractivity contribution < 1.29 is 13.9 Å². The van der Waals surface area contributed by atoms with Gasteiger partial charge in [0.25, 0.3) is 0 Å². The van der Waals surface area contributed by atoms with E-state index in [4.69, 9.17) is 19.6 Å². The molecule has 1 aliphatic heterocycles. The lowest BCUT2D eigenvalue weighted by Crippen LogP contribution is -2.31. The van der Waals surface area contributed by atoms with Crippen LogP contribution in [0, 0.1) is 0 Å². The highest BCUT2D eigenvalue weighted by molar-refractivity contribution is 5.05. The Balaban J connectivity index is 1.91. The fourth-order valence-corrected chi connectivity index (χ4v) is 2.07. The van der Waals surface area contributed by atoms with E-state index < -0.39 is 0 Å². The monoisotopic (exact) mass is 239 g/mol. The van der Waals surface area contributed by atoms with E-state index in [1.54, 1.807) is 6.26 Å². The predicted molar refractivity (Wildman–Crippen MR) is 64.6 cm³/mol. The van der Waals surface area contributed by atoms with Gasteiger partial charge in [-0.3, -0.25) is 0 Å². The van der Waals surface area contributed by atoms with Gasteiger partial charge in [0.15, 0.2) is 0 Å². The molecular formula is C13H21NO3. The molecule has 0 aromatic carbocycles. The maximum absolute atomic E-state index is 6.07. The average Bonchev–Trinajstić information content (AvgIpc) is 3.01. The molecule has 3 unspecified atom stereocenters. The summed E-state index contributed by atoms with van der Waals surface area (Å²) in [7, 11) is 0. The molecule has 2 rings (SSSR count). The van der Waals surface area contributed by atoms with E-state index in [2.05, 4.69) is 6.92 Å². The Morgan fingerprint density at radius 1 is 1.59 bits per heavy atom. The third-order valence-corrected chi connectivity index (χ3v) is 3.17. The molecule has 2 N–H and O–H groups in total. The normalized spacial score (nSPS) is 23.8. The SMILES string of the molecule is CCC(N)C(OCC1CCCO1)c1ccco1. The topological polar surface area (TPSA) is 57.6 Å². The summed E-state index contributed by atoms with van der Waals surface area (Å²) in [5.41, 5.74) is 6.07. The highest BCUT2D eigenvalue weighted by Crippen LogP contribution is 2.24. The summed E-state index contributed by atoms with van der Waals surface area (Å²) in [6.45, 7) is 3.49. The molecule has 17 heavy (non-hydrogen) atoms. The third kappa shape index (κ3) is 3.31. The number of nitrogens with two attached hydrogens (primary N) is 1. The van der Waals surface area contributed by atoms with Crippen molar-refractivity contribution in [1.29, 1.82) is 0 Å². The summed E-state index contributed by atoms with van der Waals surface area (Å²) < 4.78 is 16.8. The molecule has 0 aliphatic carbocycles. The summed E-state index contributed by atoms with van der Waals surface area (Å²) in [5.74, 6) is 0.803. The van der Waals surface area contributed by atoms with Gasteiger partial charge in [0, 0.05) is 12.6 Å². The van der Waals surface area contributed by atoms with Crippen molar-refractivity contribution in [3.63, 3.8) is 0 Å². The lowest BCUT2D eigenvalue weighted by Gasteiger charge is -2.23. The average molecular weight is 239 g/mol. The summed E-state index contributed by atoms with van der Waals surface area (Å²) in [6.07, 6.45) is 4.76. The molecule has 1 fully saturated rings. The van der Waals surface area contributed by atoms with Gasteiger partial charge in [-0.25, -0.2) is 0 Å². The lowest BCUT2D eigenvalue weighted by atomic mass is 10.1. The van der Waals surface area contributed by atoms with Gasteiger partial charge >= 0.3 is 0 Å². The van der Waals surface area contributed by atoms with E-state index in [0.29, 0.717) is 6.61 Å². The first-order valence-electron chi connectivity index (χ1n) is 6.33. The molecule has 0 spiro atoms. The second-order valence-corrected chi connectivity index (χ2v) is 4.48. The van der Waals surface area contributed by atoms with Crippen LogP contribution < -0.4 is 5.73 Å². The van der Waals surface area contributed by atoms with Gasteiger partial charge in [-0.05, 0) is 31.4 Å². The Morgan fingerprint density at radius 2 is 2.47 bits per heavy atom. The summed E-state index contributed by atoms with van der Waals surface area (Å²) in [6, 6.07) is 3.73. The summed E-state index contributed by atoms with van der Waals surface area (Å²) in [5, 5.41) is 0. The third-order valence-electron chi connectivity index (χ3n) is 3.17. The molecule has 0 saturated carbocycles. The highest BCUT2D eigenvalue weighted by Gasteiger charge is 2.24. The minimum absolute atomic E-state index is 0.0393. The summed E-state index contributed by atoms with van der Waals surface area (Å²) >= 11 is 0. The van der Waals surface area contributed by atoms with Crippen LogP contribution in [0.15, 0.2) is 22.8 Å². The molecule has 96 valence electrons. The smallest absolute Gasteiger partial charge is 0.134 e. The van der Waals surface area contributed by atoms with Crippen LogP contribution in [0.1, 0.15) is 38.1 Å². The maximum Gasteiger partial charge on any atom is 0.134 e. The van der Waals surface area contributed by atoms with Crippen molar-refractivity contribution in [2.75, 3.05) is 13.2 Å². The van der Waals surface area contributed by atoms with Gasteiger partial charge < -0.3 is 19.6 Å². The van der Waals surface area contributed by atoms with E-state index >= 15 is 0 Å². The van der Waals surface area contributed by atoms with E-state index in [0.717, 1.165) is 31.6 Å². The van der Waals surface area contributed by atoms with Gasteiger partial charge in [0.2, 0.25) is 0 Å². The Kier molecular flexibility index (Phi) is 4.59. The fourth-order valence-electron chi connectivity index (χ4n) is 2.07. The number of ether oxygens (including phenoxy) is 2. The number of furan rings is 1. The first-order chi connectivity index (χ1) is 8.31. The van der Waals surface area contributed by atoms with Crippen molar-refractivity contribution >= 4 is 0 Å². The zero-order valence-corrected chi connectivity index (χ0v) is 10.3. The van der Waals surface area contributed by atoms with Crippen LogP contribution in [-0.4, -0.2) is 25.4 Å². The summed E-state index contributed by atoms with van der Waals surface area (Å²) in [4.78, 5) is 0. The molecule has 0 bridgehead atoms. The minimum Gasteiger partial charge on any atom is -0.467 e. The van der Waals surface area contributed by atoms with Gasteiger partial charge in [-0.15, -0.1) is 0 Å². The molecule has 4 heteroatoms. The molecule has 1 saturated heterocycles. The van der Waals surface area contributed by atoms with Crippen LogP contribution in [0.5, 0.6) is 0 Å².